The third-order valence-electron chi connectivity index (χ3n) is 3.21. The van der Waals surface area contributed by atoms with Gasteiger partial charge in [0.2, 0.25) is 0 Å². The zero-order valence-corrected chi connectivity index (χ0v) is 11.4. The van der Waals surface area contributed by atoms with E-state index in [4.69, 9.17) is 10.5 Å². The molecule has 2 aromatic rings. The quantitative estimate of drug-likeness (QED) is 0.802. The topological polar surface area (TPSA) is 35.2 Å². The van der Waals surface area contributed by atoms with Gasteiger partial charge in [-0.3, -0.25) is 0 Å². The Balaban J connectivity index is 1.86. The molecule has 0 atom stereocenters. The van der Waals surface area contributed by atoms with Crippen LogP contribution in [0.1, 0.15) is 23.1 Å². The highest BCUT2D eigenvalue weighted by atomic mass is 16.5. The highest BCUT2D eigenvalue weighted by molar-refractivity contribution is 5.40. The average molecular weight is 255 g/mol. The number of aryl methyl sites for hydroxylation is 2. The summed E-state index contributed by atoms with van der Waals surface area (Å²) >= 11 is 0. The summed E-state index contributed by atoms with van der Waals surface area (Å²) in [6.45, 7) is 3.31. The maximum Gasteiger partial charge on any atom is 0.126 e. The number of hydrogen-bond donors (Lipinski definition) is 1. The fraction of sp³-hybridized carbons (Fsp3) is 0.294. The Morgan fingerprint density at radius 2 is 1.79 bits per heavy atom. The van der Waals surface area contributed by atoms with Crippen molar-refractivity contribution in [2.75, 3.05) is 6.61 Å². The summed E-state index contributed by atoms with van der Waals surface area (Å²) in [5.74, 6) is 0.957. The van der Waals surface area contributed by atoms with Gasteiger partial charge in [0.15, 0.2) is 0 Å². The lowest BCUT2D eigenvalue weighted by molar-refractivity contribution is 0.306. The molecule has 0 aliphatic rings. The summed E-state index contributed by atoms with van der Waals surface area (Å²) in [6.07, 6.45) is 2.06. The van der Waals surface area contributed by atoms with E-state index in [1.807, 2.05) is 18.2 Å². The first-order valence-electron chi connectivity index (χ1n) is 6.76. The lowest BCUT2D eigenvalue weighted by Crippen LogP contribution is -2.06. The molecule has 100 valence electrons. The van der Waals surface area contributed by atoms with E-state index < -0.39 is 0 Å². The van der Waals surface area contributed by atoms with E-state index in [0.717, 1.165) is 36.3 Å². The first kappa shape index (κ1) is 13.6. The second-order valence-electron chi connectivity index (χ2n) is 4.70. The van der Waals surface area contributed by atoms with E-state index in [1.54, 1.807) is 0 Å². The van der Waals surface area contributed by atoms with Crippen LogP contribution in [0.2, 0.25) is 0 Å². The number of benzene rings is 2. The van der Waals surface area contributed by atoms with E-state index in [-0.39, 0.29) is 0 Å². The predicted octanol–water partition coefficient (Wildman–Crippen LogP) is 3.47. The number of para-hydroxylation sites is 1. The van der Waals surface area contributed by atoms with Crippen LogP contribution in [0.15, 0.2) is 48.5 Å². The predicted molar refractivity (Wildman–Crippen MR) is 79.3 cm³/mol. The third-order valence-corrected chi connectivity index (χ3v) is 3.21. The van der Waals surface area contributed by atoms with Crippen LogP contribution in [-0.2, 0) is 13.0 Å². The molecule has 0 heterocycles. The third kappa shape index (κ3) is 3.83. The van der Waals surface area contributed by atoms with E-state index in [2.05, 4.69) is 37.3 Å². The molecule has 2 nitrogen and oxygen atoms in total. The molecule has 0 saturated heterocycles. The Hall–Kier alpha value is -1.80. The molecule has 0 bridgehead atoms. The van der Waals surface area contributed by atoms with Gasteiger partial charge in [-0.2, -0.15) is 0 Å². The van der Waals surface area contributed by atoms with Crippen LogP contribution in [0.4, 0.5) is 0 Å². The van der Waals surface area contributed by atoms with Gasteiger partial charge in [0.1, 0.15) is 5.75 Å². The molecular weight excluding hydrogens is 234 g/mol. The molecule has 0 amide bonds. The zero-order chi connectivity index (χ0) is 13.5. The van der Waals surface area contributed by atoms with Crippen molar-refractivity contribution in [1.29, 1.82) is 0 Å². The van der Waals surface area contributed by atoms with Gasteiger partial charge in [-0.15, -0.1) is 0 Å². The van der Waals surface area contributed by atoms with Gasteiger partial charge in [-0.05, 0) is 30.9 Å². The zero-order valence-electron chi connectivity index (χ0n) is 11.4. The van der Waals surface area contributed by atoms with Crippen molar-refractivity contribution < 1.29 is 4.74 Å². The molecule has 0 aromatic heterocycles. The molecule has 0 fully saturated rings. The molecule has 0 spiro atoms. The van der Waals surface area contributed by atoms with Crippen molar-refractivity contribution in [1.82, 2.24) is 0 Å². The van der Waals surface area contributed by atoms with Gasteiger partial charge in [0, 0.05) is 12.1 Å². The molecule has 0 aliphatic carbocycles. The van der Waals surface area contributed by atoms with E-state index >= 15 is 0 Å². The Bertz CT molecular complexity index is 508. The summed E-state index contributed by atoms with van der Waals surface area (Å²) in [5.41, 5.74) is 9.33. The van der Waals surface area contributed by atoms with Crippen LogP contribution >= 0.6 is 0 Å². The van der Waals surface area contributed by atoms with Crippen LogP contribution in [0, 0.1) is 6.92 Å². The summed E-state index contributed by atoms with van der Waals surface area (Å²) < 4.78 is 5.90. The Morgan fingerprint density at radius 1 is 1.00 bits per heavy atom. The number of ether oxygens (including phenoxy) is 1. The molecule has 0 unspecified atom stereocenters. The minimum absolute atomic E-state index is 0.524. The van der Waals surface area contributed by atoms with Crippen LogP contribution in [-0.4, -0.2) is 6.61 Å². The van der Waals surface area contributed by atoms with E-state index in [0.29, 0.717) is 6.54 Å². The first-order valence-corrected chi connectivity index (χ1v) is 6.76. The SMILES string of the molecule is Cc1cccc(CN)c1OCCCc1ccccc1. The molecule has 2 aromatic carbocycles. The lowest BCUT2D eigenvalue weighted by atomic mass is 10.1. The standard InChI is InChI=1S/C17H21NO/c1-14-7-5-11-16(13-18)17(14)19-12-6-10-15-8-3-2-4-9-15/h2-5,7-9,11H,6,10,12-13,18H2,1H3. The van der Waals surface area contributed by atoms with Crippen molar-refractivity contribution in [3.8, 4) is 5.75 Å². The van der Waals surface area contributed by atoms with Crippen LogP contribution in [0.3, 0.4) is 0 Å². The Kier molecular flexibility index (Phi) is 4.99. The summed E-state index contributed by atoms with van der Waals surface area (Å²) in [7, 11) is 0. The first-order chi connectivity index (χ1) is 9.31. The maximum absolute atomic E-state index is 5.90. The molecule has 0 saturated carbocycles. The van der Waals surface area contributed by atoms with Crippen molar-refractivity contribution in [2.45, 2.75) is 26.3 Å². The smallest absolute Gasteiger partial charge is 0.126 e. The highest BCUT2D eigenvalue weighted by Crippen LogP contribution is 2.23. The monoisotopic (exact) mass is 255 g/mol. The van der Waals surface area contributed by atoms with Crippen LogP contribution in [0.25, 0.3) is 0 Å². The lowest BCUT2D eigenvalue weighted by Gasteiger charge is -2.13. The summed E-state index contributed by atoms with van der Waals surface area (Å²) in [4.78, 5) is 0. The number of rotatable bonds is 6. The van der Waals surface area contributed by atoms with Gasteiger partial charge in [-0.1, -0.05) is 48.5 Å². The molecule has 2 heteroatoms. The molecule has 0 aliphatic heterocycles. The fourth-order valence-electron chi connectivity index (χ4n) is 2.18. The van der Waals surface area contributed by atoms with Gasteiger partial charge < -0.3 is 10.5 Å². The second kappa shape index (κ2) is 6.95. The fourth-order valence-corrected chi connectivity index (χ4v) is 2.18. The Labute approximate surface area is 115 Å². The minimum Gasteiger partial charge on any atom is -0.493 e. The molecule has 2 rings (SSSR count). The summed E-state index contributed by atoms with van der Waals surface area (Å²) in [5, 5.41) is 0. The van der Waals surface area contributed by atoms with Gasteiger partial charge in [0.25, 0.3) is 0 Å². The minimum atomic E-state index is 0.524. The average Bonchev–Trinajstić information content (AvgIpc) is 2.46. The maximum atomic E-state index is 5.90. The van der Waals surface area contributed by atoms with Gasteiger partial charge in [0.05, 0.1) is 6.61 Å². The van der Waals surface area contributed by atoms with Gasteiger partial charge in [-0.25, -0.2) is 0 Å². The van der Waals surface area contributed by atoms with Crippen molar-refractivity contribution in [2.24, 2.45) is 5.73 Å². The molecule has 19 heavy (non-hydrogen) atoms. The van der Waals surface area contributed by atoms with Crippen LogP contribution < -0.4 is 10.5 Å². The van der Waals surface area contributed by atoms with E-state index in [1.165, 1.54) is 5.56 Å². The number of hydrogen-bond acceptors (Lipinski definition) is 2. The summed E-state index contributed by atoms with van der Waals surface area (Å²) in [6, 6.07) is 16.6. The Morgan fingerprint density at radius 3 is 2.53 bits per heavy atom. The van der Waals surface area contributed by atoms with E-state index in [9.17, 15) is 0 Å². The van der Waals surface area contributed by atoms with Crippen molar-refractivity contribution in [3.05, 3.63) is 65.2 Å². The number of nitrogens with two attached hydrogens (primary N) is 1. The molecular formula is C17H21NO. The largest absolute Gasteiger partial charge is 0.493 e. The molecule has 2 N–H and O–H groups in total. The van der Waals surface area contributed by atoms with Gasteiger partial charge >= 0.3 is 0 Å². The van der Waals surface area contributed by atoms with Crippen LogP contribution in [0.5, 0.6) is 5.75 Å². The second-order valence-corrected chi connectivity index (χ2v) is 4.70. The molecule has 0 radical (unpaired) electrons. The normalized spacial score (nSPS) is 10.4. The van der Waals surface area contributed by atoms with Crippen molar-refractivity contribution in [3.63, 3.8) is 0 Å². The van der Waals surface area contributed by atoms with Crippen molar-refractivity contribution >= 4 is 0 Å². The highest BCUT2D eigenvalue weighted by Gasteiger charge is 2.05.